The Labute approximate surface area is 263 Å². The zero-order valence-electron chi connectivity index (χ0n) is 22.6. The summed E-state index contributed by atoms with van der Waals surface area (Å²) in [5.41, 5.74) is -0.233. The molecular formula is C27H38N4S7. The molecule has 0 saturated carbocycles. The summed E-state index contributed by atoms with van der Waals surface area (Å²) in [5, 5.41) is 7.46. The van der Waals surface area contributed by atoms with Gasteiger partial charge in [0.1, 0.15) is 9.98 Å². The SMILES string of the molecule is CC(C)(CCCNC(=S)NCCCC(C)(C)N1C(=S)C=C2SCCC2C1=S)N1C(=S)C=C2SCCC2C1=S. The van der Waals surface area contributed by atoms with Crippen molar-refractivity contribution in [1.29, 1.82) is 0 Å². The number of hydrogen-bond donors (Lipinski definition) is 2. The third-order valence-corrected chi connectivity index (χ3v) is 11.9. The summed E-state index contributed by atoms with van der Waals surface area (Å²) in [4.78, 5) is 10.9. The molecule has 0 aromatic carbocycles. The Morgan fingerprint density at radius 3 is 1.58 bits per heavy atom. The summed E-state index contributed by atoms with van der Waals surface area (Å²) < 4.78 is 0. The van der Waals surface area contributed by atoms with Crippen LogP contribution < -0.4 is 10.6 Å². The Hall–Kier alpha value is -0.170. The summed E-state index contributed by atoms with van der Waals surface area (Å²) in [7, 11) is 0. The fourth-order valence-corrected chi connectivity index (χ4v) is 10.8. The van der Waals surface area contributed by atoms with Crippen molar-refractivity contribution in [3.05, 3.63) is 22.0 Å². The number of hydrogen-bond acceptors (Lipinski definition) is 7. The molecule has 11 heteroatoms. The van der Waals surface area contributed by atoms with Crippen LogP contribution in [0, 0.1) is 11.8 Å². The Bertz CT molecular complexity index is 995. The minimum atomic E-state index is -0.117. The van der Waals surface area contributed by atoms with Crippen LogP contribution >= 0.6 is 84.6 Å². The van der Waals surface area contributed by atoms with E-state index in [-0.39, 0.29) is 11.1 Å². The molecule has 2 N–H and O–H groups in total. The van der Waals surface area contributed by atoms with Gasteiger partial charge in [-0.05, 0) is 112 Å². The molecule has 4 heterocycles. The summed E-state index contributed by atoms with van der Waals surface area (Å²) in [6.45, 7) is 10.6. The third-order valence-electron chi connectivity index (χ3n) is 7.76. The highest BCUT2D eigenvalue weighted by molar-refractivity contribution is 8.03. The number of rotatable bonds is 10. The molecule has 0 spiro atoms. The molecule has 0 amide bonds. The zero-order valence-corrected chi connectivity index (χ0v) is 28.3. The average Bonchev–Trinajstić information content (AvgIpc) is 3.49. The molecule has 2 saturated heterocycles. The largest absolute Gasteiger partial charge is 0.363 e. The maximum Gasteiger partial charge on any atom is 0.166 e. The van der Waals surface area contributed by atoms with Crippen LogP contribution in [-0.4, -0.2) is 70.5 Å². The first-order valence-electron chi connectivity index (χ1n) is 13.4. The highest BCUT2D eigenvalue weighted by atomic mass is 32.2. The molecule has 0 aromatic rings. The maximum atomic E-state index is 5.89. The topological polar surface area (TPSA) is 30.5 Å². The molecule has 0 aromatic heterocycles. The number of fused-ring (bicyclic) bond motifs is 2. The maximum absolute atomic E-state index is 5.89. The van der Waals surface area contributed by atoms with E-state index in [9.17, 15) is 0 Å². The van der Waals surface area contributed by atoms with Gasteiger partial charge in [0.2, 0.25) is 0 Å². The molecule has 208 valence electrons. The standard InChI is InChI=1S/C27H38N4S7/c1-26(2,30-21(32)15-19-17(23(30)34)7-13-37-19)9-5-11-28-25(36)29-12-6-10-27(3,4)31-22(33)16-20-18(24(31)35)8-14-38-20/h15-18H,5-14H2,1-4H3,(H2,28,29,36). The van der Waals surface area contributed by atoms with Crippen molar-refractivity contribution >= 4 is 110 Å². The van der Waals surface area contributed by atoms with Crippen LogP contribution in [0.3, 0.4) is 0 Å². The number of nitrogens with zero attached hydrogens (tertiary/aromatic N) is 2. The van der Waals surface area contributed by atoms with Crippen LogP contribution in [0.15, 0.2) is 22.0 Å². The van der Waals surface area contributed by atoms with E-state index in [1.807, 2.05) is 23.5 Å². The van der Waals surface area contributed by atoms with Gasteiger partial charge in [-0.25, -0.2) is 0 Å². The minimum Gasteiger partial charge on any atom is -0.363 e. The van der Waals surface area contributed by atoms with Crippen LogP contribution in [0.25, 0.3) is 0 Å². The lowest BCUT2D eigenvalue weighted by molar-refractivity contribution is 0.280. The lowest BCUT2D eigenvalue weighted by atomic mass is 9.91. The quantitative estimate of drug-likeness (QED) is 0.195. The van der Waals surface area contributed by atoms with E-state index < -0.39 is 0 Å². The van der Waals surface area contributed by atoms with Crippen LogP contribution in [0.2, 0.25) is 0 Å². The van der Waals surface area contributed by atoms with Crippen molar-refractivity contribution in [1.82, 2.24) is 20.4 Å². The molecule has 38 heavy (non-hydrogen) atoms. The van der Waals surface area contributed by atoms with Crippen molar-refractivity contribution in [3.63, 3.8) is 0 Å². The lowest BCUT2D eigenvalue weighted by Crippen LogP contribution is -2.53. The second-order valence-corrected chi connectivity index (χ2v) is 15.9. The van der Waals surface area contributed by atoms with Gasteiger partial charge in [-0.15, -0.1) is 23.5 Å². The van der Waals surface area contributed by atoms with Gasteiger partial charge in [-0.2, -0.15) is 0 Å². The number of thioether (sulfide) groups is 2. The summed E-state index contributed by atoms with van der Waals surface area (Å²) in [6.07, 6.45) is 10.5. The second kappa shape index (κ2) is 12.8. The molecule has 2 fully saturated rings. The predicted octanol–water partition coefficient (Wildman–Crippen LogP) is 6.78. The van der Waals surface area contributed by atoms with Crippen molar-refractivity contribution in [3.8, 4) is 0 Å². The molecule has 2 atom stereocenters. The Morgan fingerprint density at radius 2 is 1.18 bits per heavy atom. The summed E-state index contributed by atoms with van der Waals surface area (Å²) >= 11 is 32.6. The monoisotopic (exact) mass is 642 g/mol. The molecule has 0 bridgehead atoms. The summed E-state index contributed by atoms with van der Waals surface area (Å²) in [6, 6.07) is 0. The Morgan fingerprint density at radius 1 is 0.789 bits per heavy atom. The molecular weight excluding hydrogens is 605 g/mol. The Kier molecular flexibility index (Phi) is 10.4. The van der Waals surface area contributed by atoms with Crippen LogP contribution in [0.1, 0.15) is 66.2 Å². The molecule has 4 rings (SSSR count). The average molecular weight is 643 g/mol. The highest BCUT2D eigenvalue weighted by Gasteiger charge is 2.41. The second-order valence-electron chi connectivity index (χ2n) is 11.5. The van der Waals surface area contributed by atoms with E-state index >= 15 is 0 Å². The molecule has 0 radical (unpaired) electrons. The molecule has 2 unspecified atom stereocenters. The normalized spacial score (nSPS) is 23.8. The van der Waals surface area contributed by atoms with E-state index in [1.165, 1.54) is 9.81 Å². The first-order chi connectivity index (χ1) is 17.9. The van der Waals surface area contributed by atoms with Gasteiger partial charge in [-0.1, -0.05) is 48.9 Å². The first kappa shape index (κ1) is 30.8. The third kappa shape index (κ3) is 6.82. The predicted molar refractivity (Wildman–Crippen MR) is 187 cm³/mol. The van der Waals surface area contributed by atoms with Crippen LogP contribution in [0.5, 0.6) is 0 Å². The van der Waals surface area contributed by atoms with Crippen molar-refractivity contribution < 1.29 is 0 Å². The van der Waals surface area contributed by atoms with Gasteiger partial charge in [0, 0.05) is 36.0 Å². The Balaban J connectivity index is 1.16. The van der Waals surface area contributed by atoms with E-state index in [0.29, 0.717) is 16.9 Å². The van der Waals surface area contributed by atoms with Gasteiger partial charge >= 0.3 is 0 Å². The van der Waals surface area contributed by atoms with Gasteiger partial charge in [0.25, 0.3) is 0 Å². The van der Waals surface area contributed by atoms with Crippen LogP contribution in [0.4, 0.5) is 0 Å². The lowest BCUT2D eigenvalue weighted by Gasteiger charge is -2.44. The first-order valence-corrected chi connectivity index (χ1v) is 17.4. The van der Waals surface area contributed by atoms with Crippen LogP contribution in [-0.2, 0) is 0 Å². The molecule has 0 aliphatic carbocycles. The number of nitrogens with one attached hydrogen (secondary N) is 2. The van der Waals surface area contributed by atoms with Gasteiger partial charge < -0.3 is 20.4 Å². The van der Waals surface area contributed by atoms with E-state index in [2.05, 4.69) is 60.3 Å². The van der Waals surface area contributed by atoms with Gasteiger partial charge in [0.05, 0.1) is 9.98 Å². The van der Waals surface area contributed by atoms with Gasteiger partial charge in [-0.3, -0.25) is 0 Å². The number of thiocarbonyl (C=S) groups is 5. The van der Waals surface area contributed by atoms with Crippen molar-refractivity contribution in [2.45, 2.75) is 77.3 Å². The smallest absolute Gasteiger partial charge is 0.166 e. The molecule has 4 aliphatic rings. The molecule has 4 aliphatic heterocycles. The fourth-order valence-electron chi connectivity index (χ4n) is 5.68. The van der Waals surface area contributed by atoms with Crippen molar-refractivity contribution in [2.24, 2.45) is 11.8 Å². The van der Waals surface area contributed by atoms with E-state index in [4.69, 9.17) is 61.1 Å². The molecule has 4 nitrogen and oxygen atoms in total. The highest BCUT2D eigenvalue weighted by Crippen LogP contribution is 2.44. The van der Waals surface area contributed by atoms with Crippen molar-refractivity contribution in [2.75, 3.05) is 24.6 Å². The summed E-state index contributed by atoms with van der Waals surface area (Å²) in [5.74, 6) is 3.02. The minimum absolute atomic E-state index is 0.117. The van der Waals surface area contributed by atoms with E-state index in [1.54, 1.807) is 0 Å². The zero-order chi connectivity index (χ0) is 27.7. The fraction of sp³-hybridized carbons (Fsp3) is 0.667. The van der Waals surface area contributed by atoms with Gasteiger partial charge in [0.15, 0.2) is 5.11 Å². The van der Waals surface area contributed by atoms with E-state index in [0.717, 1.165) is 83.1 Å².